The third-order valence-corrected chi connectivity index (χ3v) is 12.7. The molecule has 4 aromatic rings. The summed E-state index contributed by atoms with van der Waals surface area (Å²) < 4.78 is 38.5. The van der Waals surface area contributed by atoms with E-state index in [2.05, 4.69) is 36.9 Å². The minimum Gasteiger partial charge on any atom is -0.459 e. The molecule has 4 aromatic carbocycles. The zero-order valence-electron chi connectivity index (χ0n) is 37.5. The molecule has 0 spiro atoms. The van der Waals surface area contributed by atoms with Crippen LogP contribution in [0.4, 0.5) is 4.79 Å². The maximum absolute atomic E-state index is 14.6. The van der Waals surface area contributed by atoms with Crippen molar-refractivity contribution in [3.63, 3.8) is 0 Å². The number of hydrogen-bond acceptors (Lipinski definition) is 11. The van der Waals surface area contributed by atoms with Crippen LogP contribution in [0.2, 0.25) is 0 Å². The molecule has 4 aliphatic rings. The maximum atomic E-state index is 14.6. The number of aliphatic hydroxyl groups is 2. The van der Waals surface area contributed by atoms with Gasteiger partial charge >= 0.3 is 6.09 Å². The molecule has 0 unspecified atom stereocenters. The van der Waals surface area contributed by atoms with Crippen LogP contribution in [0.5, 0.6) is 28.7 Å². The third kappa shape index (κ3) is 9.46. The second-order valence-electron chi connectivity index (χ2n) is 18.1. The fraction of sp³-hybridized carbons (Fsp3) is 0.462. The lowest BCUT2D eigenvalue weighted by atomic mass is 9.55. The van der Waals surface area contributed by atoms with E-state index in [0.717, 1.165) is 53.2 Å². The zero-order chi connectivity index (χ0) is 44.8. The Morgan fingerprint density at radius 1 is 0.906 bits per heavy atom. The highest BCUT2D eigenvalue weighted by Crippen LogP contribution is 2.62. The van der Waals surface area contributed by atoms with Crippen LogP contribution >= 0.6 is 0 Å². The maximum Gasteiger partial charge on any atom is 0.410 e. The predicted octanol–water partition coefficient (Wildman–Crippen LogP) is 10.5. The molecule has 0 aromatic heterocycles. The summed E-state index contributed by atoms with van der Waals surface area (Å²) in [5.41, 5.74) is 2.79. The van der Waals surface area contributed by atoms with Crippen molar-refractivity contribution in [2.75, 3.05) is 33.2 Å². The Morgan fingerprint density at radius 2 is 1.64 bits per heavy atom. The third-order valence-electron chi connectivity index (χ3n) is 12.7. The Balaban J connectivity index is 1.33. The molecule has 1 fully saturated rings. The monoisotopic (exact) mass is 874 g/mol. The fourth-order valence-corrected chi connectivity index (χ4v) is 10.0. The minimum absolute atomic E-state index is 0.0395. The van der Waals surface area contributed by atoms with Crippen LogP contribution in [-0.2, 0) is 20.9 Å². The van der Waals surface area contributed by atoms with Crippen molar-refractivity contribution in [1.29, 1.82) is 0 Å². The Morgan fingerprint density at radius 3 is 2.41 bits per heavy atom. The summed E-state index contributed by atoms with van der Waals surface area (Å²) in [4.78, 5) is 22.6. The van der Waals surface area contributed by atoms with Crippen LogP contribution < -0.4 is 18.9 Å². The topological polar surface area (TPSA) is 138 Å². The minimum atomic E-state index is -1.46. The summed E-state index contributed by atoms with van der Waals surface area (Å²) in [6.07, 6.45) is 8.33. The number of unbranched alkanes of at least 4 members (excludes halogenated alkanes) is 2. The summed E-state index contributed by atoms with van der Waals surface area (Å²) in [5, 5.41) is 27.2. The highest BCUT2D eigenvalue weighted by molar-refractivity contribution is 6.03. The van der Waals surface area contributed by atoms with Crippen molar-refractivity contribution in [1.82, 2.24) is 4.90 Å². The van der Waals surface area contributed by atoms with E-state index in [1.807, 2.05) is 75.4 Å². The highest BCUT2D eigenvalue weighted by Gasteiger charge is 2.65. The predicted molar refractivity (Wildman–Crippen MR) is 245 cm³/mol. The number of carbonyl (C=O) groups excluding carboxylic acids is 1. The van der Waals surface area contributed by atoms with Crippen LogP contribution in [0.25, 0.3) is 10.8 Å². The van der Waals surface area contributed by atoms with Crippen LogP contribution in [0.15, 0.2) is 108 Å². The van der Waals surface area contributed by atoms with Crippen LogP contribution in [0.1, 0.15) is 89.7 Å². The van der Waals surface area contributed by atoms with E-state index in [1.165, 1.54) is 0 Å². The van der Waals surface area contributed by atoms with Crippen molar-refractivity contribution in [3.8, 4) is 28.7 Å². The van der Waals surface area contributed by atoms with Gasteiger partial charge in [-0.3, -0.25) is 4.90 Å². The molecule has 1 amide bonds. The van der Waals surface area contributed by atoms with Gasteiger partial charge in [0, 0.05) is 37.7 Å². The van der Waals surface area contributed by atoms with Crippen molar-refractivity contribution in [3.05, 3.63) is 114 Å². The molecule has 12 nitrogen and oxygen atoms in total. The van der Waals surface area contributed by atoms with Crippen LogP contribution in [-0.4, -0.2) is 77.6 Å². The second kappa shape index (κ2) is 19.7. The largest absolute Gasteiger partial charge is 0.459 e. The first-order valence-electron chi connectivity index (χ1n) is 22.8. The SMILES string of the molecule is C=CCO[C@@]12Oc3ccc(Oc4ccc5ccccc5c4)cc3[C@H]3[C@H](CCCCO)[C@@H](CCCCO)C=C(C(=NOC(C)(C)C)C[C@@H]1N(Cc1ccc4c(c1)OCO4)C(=O)OCC)[C@H]32. The van der Waals surface area contributed by atoms with Gasteiger partial charge in [0.2, 0.25) is 12.6 Å². The smallest absolute Gasteiger partial charge is 0.410 e. The Bertz CT molecular complexity index is 2350. The summed E-state index contributed by atoms with van der Waals surface area (Å²) in [7, 11) is 0. The molecule has 6 atom stereocenters. The average Bonchev–Trinajstić information content (AvgIpc) is 3.76. The van der Waals surface area contributed by atoms with E-state index < -0.39 is 29.4 Å². The highest BCUT2D eigenvalue weighted by atomic mass is 16.7. The molecule has 8 rings (SSSR count). The van der Waals surface area contributed by atoms with E-state index in [1.54, 1.807) is 17.9 Å². The number of hydrogen-bond donors (Lipinski definition) is 2. The number of aliphatic hydroxyl groups excluding tert-OH is 2. The summed E-state index contributed by atoms with van der Waals surface area (Å²) in [6.45, 7) is 12.5. The van der Waals surface area contributed by atoms with Gasteiger partial charge in [-0.05, 0) is 130 Å². The number of amides is 1. The van der Waals surface area contributed by atoms with Crippen LogP contribution in [0, 0.1) is 17.8 Å². The van der Waals surface area contributed by atoms with E-state index >= 15 is 0 Å². The number of rotatable bonds is 18. The lowest BCUT2D eigenvalue weighted by molar-refractivity contribution is -0.256. The van der Waals surface area contributed by atoms with Gasteiger partial charge in [-0.1, -0.05) is 66.5 Å². The Labute approximate surface area is 376 Å². The molecular formula is C52H62N2O10. The van der Waals surface area contributed by atoms with Crippen LogP contribution in [0.3, 0.4) is 0 Å². The van der Waals surface area contributed by atoms with Crippen molar-refractivity contribution in [2.45, 2.75) is 103 Å². The molecule has 340 valence electrons. The van der Waals surface area contributed by atoms with Gasteiger partial charge in [0.1, 0.15) is 28.9 Å². The normalized spacial score (nSPS) is 23.7. The van der Waals surface area contributed by atoms with Gasteiger partial charge in [-0.25, -0.2) is 4.79 Å². The van der Waals surface area contributed by atoms with Crippen molar-refractivity contribution < 1.29 is 48.3 Å². The number of nitrogens with zero attached hydrogens (tertiary/aromatic N) is 2. The molecule has 1 saturated carbocycles. The molecule has 2 aliphatic heterocycles. The summed E-state index contributed by atoms with van der Waals surface area (Å²) in [5.74, 6) is 1.15. The second-order valence-corrected chi connectivity index (χ2v) is 18.1. The number of ether oxygens (including phenoxy) is 6. The molecule has 0 saturated heterocycles. The number of benzene rings is 4. The molecule has 0 radical (unpaired) electrons. The van der Waals surface area contributed by atoms with Crippen molar-refractivity contribution >= 4 is 22.6 Å². The first-order valence-corrected chi connectivity index (χ1v) is 22.8. The molecule has 64 heavy (non-hydrogen) atoms. The quantitative estimate of drug-likeness (QED) is 0.0564. The molecule has 0 bridgehead atoms. The zero-order valence-corrected chi connectivity index (χ0v) is 37.5. The first kappa shape index (κ1) is 45.0. The lowest BCUT2D eigenvalue weighted by Crippen LogP contribution is -2.70. The standard InChI is InChI=1S/C52H62N2O10/c1-6-26-61-52-47(54(50(57)58-7-2)32-34-18-22-45-46(27-34)60-33-59-45)31-43(53-64-51(3,4)5)41-29-37(16-10-12-24-55)40(17-11-13-25-56)48(49(41)52)42-30-39(21-23-44(42)63-52)62-38-20-19-35-14-8-9-15-36(35)28-38/h6,8-9,14-15,18-23,27-30,37,40,47-49,55-56H,1,7,10-13,16-17,24-26,31-33H2,2-5H3/t37-,40+,47-,48+,49+,52+/m0/s1. The van der Waals surface area contributed by atoms with Gasteiger partial charge in [-0.15, -0.1) is 6.58 Å². The molecular weight excluding hydrogens is 813 g/mol. The number of carbonyl (C=O) groups is 1. The Hall–Kier alpha value is -5.56. The molecule has 2 N–H and O–H groups in total. The molecule has 2 heterocycles. The lowest BCUT2D eigenvalue weighted by Gasteiger charge is -2.60. The van der Waals surface area contributed by atoms with Gasteiger partial charge < -0.3 is 43.5 Å². The van der Waals surface area contributed by atoms with E-state index in [9.17, 15) is 15.0 Å². The fourth-order valence-electron chi connectivity index (χ4n) is 10.0. The van der Waals surface area contributed by atoms with Gasteiger partial charge in [0.05, 0.1) is 24.8 Å². The van der Waals surface area contributed by atoms with Gasteiger partial charge in [-0.2, -0.15) is 0 Å². The van der Waals surface area contributed by atoms with E-state index in [0.29, 0.717) is 47.3 Å². The van der Waals surface area contributed by atoms with Crippen molar-refractivity contribution in [2.24, 2.45) is 22.9 Å². The van der Waals surface area contributed by atoms with Gasteiger partial charge in [0.25, 0.3) is 0 Å². The average molecular weight is 875 g/mol. The van der Waals surface area contributed by atoms with Gasteiger partial charge in [0.15, 0.2) is 11.5 Å². The van der Waals surface area contributed by atoms with E-state index in [-0.39, 0.29) is 63.9 Å². The summed E-state index contributed by atoms with van der Waals surface area (Å²) in [6, 6.07) is 25.2. The number of allylic oxidation sites excluding steroid dienone is 1. The Kier molecular flexibility index (Phi) is 13.8. The first-order chi connectivity index (χ1) is 31.0. The number of oxime groups is 1. The number of fused-ring (bicyclic) bond motifs is 4. The summed E-state index contributed by atoms with van der Waals surface area (Å²) >= 11 is 0. The van der Waals surface area contributed by atoms with E-state index in [4.69, 9.17) is 38.4 Å². The molecule has 2 aliphatic carbocycles. The molecule has 12 heteroatoms.